The molecule has 3 unspecified atom stereocenters. The Kier molecular flexibility index (Phi) is 47.2. The van der Waals surface area contributed by atoms with Gasteiger partial charge in [0.2, 0.25) is 5.91 Å². The summed E-state index contributed by atoms with van der Waals surface area (Å²) in [7, 11) is 0. The Labute approximate surface area is 383 Å². The number of hydrogen-bond donors (Lipinski definition) is 3. The quantitative estimate of drug-likeness (QED) is 0.0322. The molecule has 0 saturated carbocycles. The lowest BCUT2D eigenvalue weighted by Crippen LogP contribution is -2.46. The molecule has 0 heterocycles. The SMILES string of the molecule is CC/C=C\C/C=C\C/C=C\C/C=C\C/C=C\CCCC(=O)OC(CCC/C=C\CCCCCCCC)CC(=O)NC(CO)C(O)CCCCCCCCCCCCCCCCC. The summed E-state index contributed by atoms with van der Waals surface area (Å²) in [4.78, 5) is 26.1. The second-order valence-electron chi connectivity index (χ2n) is 17.5. The smallest absolute Gasteiger partial charge is 0.306 e. The zero-order valence-electron chi connectivity index (χ0n) is 40.7. The van der Waals surface area contributed by atoms with Crippen LogP contribution in [0.5, 0.6) is 0 Å². The van der Waals surface area contributed by atoms with E-state index in [1.165, 1.54) is 116 Å². The third-order valence-corrected chi connectivity index (χ3v) is 11.5. The van der Waals surface area contributed by atoms with Crippen LogP contribution in [0.15, 0.2) is 72.9 Å². The van der Waals surface area contributed by atoms with Crippen molar-refractivity contribution in [2.24, 2.45) is 0 Å². The summed E-state index contributed by atoms with van der Waals surface area (Å²) in [5, 5.41) is 23.8. The molecule has 62 heavy (non-hydrogen) atoms. The first-order valence-corrected chi connectivity index (χ1v) is 26.2. The molecule has 0 bridgehead atoms. The van der Waals surface area contributed by atoms with Gasteiger partial charge in [0.25, 0.3) is 0 Å². The van der Waals surface area contributed by atoms with Crippen molar-refractivity contribution in [2.45, 2.75) is 264 Å². The van der Waals surface area contributed by atoms with E-state index in [-0.39, 0.29) is 24.9 Å². The molecule has 0 fully saturated rings. The molecule has 6 nitrogen and oxygen atoms in total. The number of carbonyl (C=O) groups excluding carboxylic acids is 2. The Hall–Kier alpha value is -2.70. The molecule has 0 aromatic heterocycles. The van der Waals surface area contributed by atoms with Gasteiger partial charge in [0.05, 0.1) is 25.2 Å². The third-order valence-electron chi connectivity index (χ3n) is 11.5. The lowest BCUT2D eigenvalue weighted by atomic mass is 10.0. The molecule has 358 valence electrons. The lowest BCUT2D eigenvalue weighted by molar-refractivity contribution is -0.151. The van der Waals surface area contributed by atoms with Gasteiger partial charge in [-0.3, -0.25) is 9.59 Å². The molecule has 6 heteroatoms. The number of rotatable bonds is 46. The van der Waals surface area contributed by atoms with Crippen LogP contribution >= 0.6 is 0 Å². The normalized spacial score (nSPS) is 13.8. The van der Waals surface area contributed by atoms with E-state index >= 15 is 0 Å². The van der Waals surface area contributed by atoms with Crippen molar-refractivity contribution in [3.05, 3.63) is 72.9 Å². The number of nitrogens with one attached hydrogen (secondary N) is 1. The maximum atomic E-state index is 13.2. The average molecular weight is 866 g/mol. The number of ether oxygens (including phenoxy) is 1. The van der Waals surface area contributed by atoms with Crippen molar-refractivity contribution >= 4 is 11.9 Å². The lowest BCUT2D eigenvalue weighted by Gasteiger charge is -2.24. The maximum absolute atomic E-state index is 13.2. The molecule has 0 aliphatic heterocycles. The van der Waals surface area contributed by atoms with Crippen LogP contribution in [0.4, 0.5) is 0 Å². The van der Waals surface area contributed by atoms with Crippen LogP contribution in [0.2, 0.25) is 0 Å². The Morgan fingerprint density at radius 3 is 1.37 bits per heavy atom. The van der Waals surface area contributed by atoms with Crippen molar-refractivity contribution in [1.82, 2.24) is 5.32 Å². The molecule has 1 amide bonds. The van der Waals surface area contributed by atoms with Crippen LogP contribution in [0.1, 0.15) is 245 Å². The van der Waals surface area contributed by atoms with Gasteiger partial charge in [-0.25, -0.2) is 0 Å². The summed E-state index contributed by atoms with van der Waals surface area (Å²) in [6.45, 7) is 6.34. The average Bonchev–Trinajstić information content (AvgIpc) is 3.26. The van der Waals surface area contributed by atoms with Crippen molar-refractivity contribution in [3.63, 3.8) is 0 Å². The van der Waals surface area contributed by atoms with Gasteiger partial charge in [-0.1, -0.05) is 222 Å². The fraction of sp³-hybridized carbons (Fsp3) is 0.750. The number of amides is 1. The Morgan fingerprint density at radius 1 is 0.484 bits per heavy atom. The molecule has 3 atom stereocenters. The second-order valence-corrected chi connectivity index (χ2v) is 17.5. The highest BCUT2D eigenvalue weighted by Crippen LogP contribution is 2.17. The molecular weight excluding hydrogens is 767 g/mol. The van der Waals surface area contributed by atoms with E-state index in [1.807, 2.05) is 0 Å². The van der Waals surface area contributed by atoms with E-state index in [9.17, 15) is 19.8 Å². The number of aliphatic hydroxyl groups is 2. The highest BCUT2D eigenvalue weighted by molar-refractivity contribution is 5.77. The van der Waals surface area contributed by atoms with Crippen LogP contribution in [-0.2, 0) is 14.3 Å². The van der Waals surface area contributed by atoms with Gasteiger partial charge < -0.3 is 20.3 Å². The predicted octanol–water partition coefficient (Wildman–Crippen LogP) is 15.8. The summed E-state index contributed by atoms with van der Waals surface area (Å²) in [6, 6.07) is -0.723. The Balaban J connectivity index is 4.63. The van der Waals surface area contributed by atoms with Gasteiger partial charge in [-0.15, -0.1) is 0 Å². The van der Waals surface area contributed by atoms with Crippen LogP contribution < -0.4 is 5.32 Å². The molecule has 0 aromatic carbocycles. The van der Waals surface area contributed by atoms with Gasteiger partial charge in [0, 0.05) is 6.42 Å². The first-order valence-electron chi connectivity index (χ1n) is 26.2. The fourth-order valence-electron chi connectivity index (χ4n) is 7.58. The van der Waals surface area contributed by atoms with Crippen LogP contribution in [0.25, 0.3) is 0 Å². The number of allylic oxidation sites excluding steroid dienone is 12. The summed E-state index contributed by atoms with van der Waals surface area (Å²) in [5.41, 5.74) is 0. The Morgan fingerprint density at radius 2 is 0.887 bits per heavy atom. The van der Waals surface area contributed by atoms with E-state index < -0.39 is 18.2 Å². The highest BCUT2D eigenvalue weighted by atomic mass is 16.5. The van der Waals surface area contributed by atoms with Gasteiger partial charge in [0.15, 0.2) is 0 Å². The molecule has 0 spiro atoms. The molecule has 0 aliphatic carbocycles. The van der Waals surface area contributed by atoms with Gasteiger partial charge in [-0.2, -0.15) is 0 Å². The summed E-state index contributed by atoms with van der Waals surface area (Å²) < 4.78 is 5.88. The van der Waals surface area contributed by atoms with Gasteiger partial charge in [-0.05, 0) is 83.5 Å². The molecular formula is C56H99NO5. The zero-order chi connectivity index (χ0) is 45.2. The minimum absolute atomic E-state index is 0.0319. The molecule has 0 aliphatic rings. The van der Waals surface area contributed by atoms with Crippen LogP contribution in [-0.4, -0.2) is 46.9 Å². The van der Waals surface area contributed by atoms with Crippen molar-refractivity contribution in [3.8, 4) is 0 Å². The second kappa shape index (κ2) is 49.3. The van der Waals surface area contributed by atoms with E-state index in [2.05, 4.69) is 99.0 Å². The molecule has 3 N–H and O–H groups in total. The number of unbranched alkanes of at least 4 members (excludes halogenated alkanes) is 22. The first kappa shape index (κ1) is 59.3. The molecule has 0 radical (unpaired) electrons. The zero-order valence-corrected chi connectivity index (χ0v) is 40.7. The topological polar surface area (TPSA) is 95.9 Å². The minimum atomic E-state index is -0.806. The summed E-state index contributed by atoms with van der Waals surface area (Å²) >= 11 is 0. The van der Waals surface area contributed by atoms with Gasteiger partial charge >= 0.3 is 5.97 Å². The van der Waals surface area contributed by atoms with E-state index in [0.717, 1.165) is 77.0 Å². The number of aliphatic hydroxyl groups excluding tert-OH is 2. The van der Waals surface area contributed by atoms with E-state index in [0.29, 0.717) is 25.7 Å². The predicted molar refractivity (Wildman–Crippen MR) is 268 cm³/mol. The monoisotopic (exact) mass is 866 g/mol. The first-order chi connectivity index (χ1) is 30.5. The van der Waals surface area contributed by atoms with E-state index in [1.54, 1.807) is 0 Å². The molecule has 0 saturated heterocycles. The summed E-state index contributed by atoms with van der Waals surface area (Å²) in [6.07, 6.45) is 62.6. The largest absolute Gasteiger partial charge is 0.462 e. The number of hydrogen-bond acceptors (Lipinski definition) is 5. The molecule has 0 aromatic rings. The number of carbonyl (C=O) groups is 2. The van der Waals surface area contributed by atoms with Gasteiger partial charge in [0.1, 0.15) is 6.10 Å². The highest BCUT2D eigenvalue weighted by Gasteiger charge is 2.24. The van der Waals surface area contributed by atoms with Crippen LogP contribution in [0, 0.1) is 0 Å². The maximum Gasteiger partial charge on any atom is 0.306 e. The van der Waals surface area contributed by atoms with Crippen LogP contribution in [0.3, 0.4) is 0 Å². The van der Waals surface area contributed by atoms with Crippen molar-refractivity contribution in [1.29, 1.82) is 0 Å². The Bertz CT molecular complexity index is 1150. The fourth-order valence-corrected chi connectivity index (χ4v) is 7.58. The summed E-state index contributed by atoms with van der Waals surface area (Å²) in [5.74, 6) is -0.574. The minimum Gasteiger partial charge on any atom is -0.462 e. The standard InChI is InChI=1S/C56H99NO5/c1-4-7-10-13-16-19-22-24-26-27-29-31-34-37-40-43-46-49-56(61)62-52(47-44-41-38-35-32-21-18-15-12-9-6-3)50-55(60)57-53(51-58)54(59)48-45-42-39-36-33-30-28-25-23-20-17-14-11-8-5-2/h7,10,16,19,24,26,29,31,35,37-38,40,52-54,58-59H,4-6,8-9,11-15,17-18,20-23,25,27-28,30,32-34,36,39,41-51H2,1-3H3,(H,57,60)/b10-7-,19-16-,26-24-,31-29-,38-35-,40-37-. The molecule has 0 rings (SSSR count). The third kappa shape index (κ3) is 43.9. The van der Waals surface area contributed by atoms with Crippen molar-refractivity contribution < 1.29 is 24.5 Å². The van der Waals surface area contributed by atoms with Crippen molar-refractivity contribution in [2.75, 3.05) is 6.61 Å². The number of esters is 1. The van der Waals surface area contributed by atoms with E-state index in [4.69, 9.17) is 4.74 Å².